The fraction of sp³-hybridized carbons (Fsp3) is 0.350. The number of alkyl halides is 3. The van der Waals surface area contributed by atoms with Crippen molar-refractivity contribution in [2.24, 2.45) is 4.99 Å². The van der Waals surface area contributed by atoms with Gasteiger partial charge in [-0.25, -0.2) is 0 Å². The van der Waals surface area contributed by atoms with Gasteiger partial charge in [0.15, 0.2) is 0 Å². The van der Waals surface area contributed by atoms with Gasteiger partial charge in [-0.05, 0) is 37.1 Å². The first-order valence-corrected chi connectivity index (χ1v) is 8.60. The molecule has 5 heteroatoms. The van der Waals surface area contributed by atoms with E-state index in [0.717, 1.165) is 43.5 Å². The summed E-state index contributed by atoms with van der Waals surface area (Å²) in [6.45, 7) is 0. The number of nitrogens with one attached hydrogen (secondary N) is 1. The molecule has 2 aromatic rings. The molecule has 132 valence electrons. The average Bonchev–Trinajstić information content (AvgIpc) is 2.62. The Balaban J connectivity index is 1.88. The molecular formula is C20H21F3N2. The van der Waals surface area contributed by atoms with Crippen molar-refractivity contribution in [1.29, 1.82) is 0 Å². The second-order valence-electron chi connectivity index (χ2n) is 6.34. The fourth-order valence-corrected chi connectivity index (χ4v) is 3.05. The van der Waals surface area contributed by atoms with Crippen LogP contribution in [0.3, 0.4) is 0 Å². The highest BCUT2D eigenvalue weighted by molar-refractivity contribution is 6.08. The van der Waals surface area contributed by atoms with Crippen molar-refractivity contribution in [2.45, 2.75) is 44.3 Å². The number of benzene rings is 2. The molecule has 1 aliphatic rings. The number of para-hydroxylation sites is 1. The smallest absolute Gasteiger partial charge is 0.340 e. The van der Waals surface area contributed by atoms with Crippen LogP contribution in [-0.4, -0.2) is 11.9 Å². The molecule has 0 bridgehead atoms. The molecule has 0 aromatic heterocycles. The van der Waals surface area contributed by atoms with Crippen LogP contribution in [0.4, 0.5) is 18.9 Å². The van der Waals surface area contributed by atoms with Gasteiger partial charge >= 0.3 is 6.18 Å². The zero-order valence-corrected chi connectivity index (χ0v) is 13.9. The van der Waals surface area contributed by atoms with Crippen molar-refractivity contribution < 1.29 is 13.2 Å². The van der Waals surface area contributed by atoms with E-state index in [-0.39, 0.29) is 6.04 Å². The monoisotopic (exact) mass is 346 g/mol. The summed E-state index contributed by atoms with van der Waals surface area (Å²) in [6.07, 6.45) is 1.26. The highest BCUT2D eigenvalue weighted by Gasteiger charge is 2.30. The molecule has 0 atom stereocenters. The Morgan fingerprint density at radius 2 is 1.52 bits per heavy atom. The van der Waals surface area contributed by atoms with Gasteiger partial charge in [0.1, 0.15) is 5.84 Å². The number of aliphatic imine (C=N–C) groups is 1. The number of hydrogen-bond acceptors (Lipinski definition) is 1. The van der Waals surface area contributed by atoms with Gasteiger partial charge in [-0.1, -0.05) is 49.6 Å². The zero-order valence-electron chi connectivity index (χ0n) is 13.9. The highest BCUT2D eigenvalue weighted by Crippen LogP contribution is 2.29. The van der Waals surface area contributed by atoms with Crippen LogP contribution in [-0.2, 0) is 6.18 Å². The van der Waals surface area contributed by atoms with Crippen LogP contribution in [0.5, 0.6) is 0 Å². The number of anilines is 1. The number of halogens is 3. The Morgan fingerprint density at radius 3 is 2.12 bits per heavy atom. The maximum atomic E-state index is 12.8. The van der Waals surface area contributed by atoms with Gasteiger partial charge in [0, 0.05) is 11.3 Å². The van der Waals surface area contributed by atoms with E-state index in [9.17, 15) is 13.2 Å². The SMILES string of the molecule is FC(F)(F)c1ccc(C(=NC2CCCCC2)Nc2ccccc2)cc1. The van der Waals surface area contributed by atoms with Gasteiger partial charge < -0.3 is 5.32 Å². The minimum absolute atomic E-state index is 0.224. The van der Waals surface area contributed by atoms with Gasteiger partial charge in [0.25, 0.3) is 0 Å². The lowest BCUT2D eigenvalue weighted by Gasteiger charge is -2.20. The third-order valence-electron chi connectivity index (χ3n) is 4.41. The van der Waals surface area contributed by atoms with Gasteiger partial charge in [-0.3, -0.25) is 4.99 Å². The molecule has 0 heterocycles. The summed E-state index contributed by atoms with van der Waals surface area (Å²) >= 11 is 0. The second kappa shape index (κ2) is 7.72. The van der Waals surface area contributed by atoms with E-state index in [0.29, 0.717) is 11.4 Å². The molecular weight excluding hydrogens is 325 g/mol. The molecule has 0 spiro atoms. The summed E-state index contributed by atoms with van der Waals surface area (Å²) < 4.78 is 38.4. The summed E-state index contributed by atoms with van der Waals surface area (Å²) in [6, 6.07) is 15.0. The maximum Gasteiger partial charge on any atom is 0.416 e. The molecule has 0 amide bonds. The molecule has 1 N–H and O–H groups in total. The Morgan fingerprint density at radius 1 is 0.880 bits per heavy atom. The van der Waals surface area contributed by atoms with E-state index in [2.05, 4.69) is 5.32 Å². The van der Waals surface area contributed by atoms with Crippen molar-refractivity contribution >= 4 is 11.5 Å². The van der Waals surface area contributed by atoms with Gasteiger partial charge in [-0.15, -0.1) is 0 Å². The predicted octanol–water partition coefficient (Wildman–Crippen LogP) is 5.90. The molecule has 0 unspecified atom stereocenters. The molecule has 0 aliphatic heterocycles. The van der Waals surface area contributed by atoms with Crippen molar-refractivity contribution in [1.82, 2.24) is 0 Å². The van der Waals surface area contributed by atoms with E-state index in [1.165, 1.54) is 18.6 Å². The van der Waals surface area contributed by atoms with Crippen molar-refractivity contribution in [2.75, 3.05) is 5.32 Å². The standard InChI is InChI=1S/C20H21F3N2/c21-20(22,23)16-13-11-15(12-14-16)19(24-17-7-3-1-4-8-17)25-18-9-5-2-6-10-18/h1,3-4,7-8,11-14,18H,2,5-6,9-10H2,(H,24,25). The largest absolute Gasteiger partial charge is 0.416 e. The van der Waals surface area contributed by atoms with E-state index >= 15 is 0 Å². The van der Waals surface area contributed by atoms with Crippen molar-refractivity contribution in [3.63, 3.8) is 0 Å². The lowest BCUT2D eigenvalue weighted by Crippen LogP contribution is -2.20. The van der Waals surface area contributed by atoms with Gasteiger partial charge in [0.2, 0.25) is 0 Å². The number of rotatable bonds is 3. The minimum Gasteiger partial charge on any atom is -0.340 e. The maximum absolute atomic E-state index is 12.8. The average molecular weight is 346 g/mol. The minimum atomic E-state index is -4.33. The van der Waals surface area contributed by atoms with Crippen LogP contribution in [0.1, 0.15) is 43.2 Å². The van der Waals surface area contributed by atoms with Crippen LogP contribution in [0.2, 0.25) is 0 Å². The molecule has 1 aliphatic carbocycles. The second-order valence-corrected chi connectivity index (χ2v) is 6.34. The Bertz CT molecular complexity index is 700. The highest BCUT2D eigenvalue weighted by atomic mass is 19.4. The lowest BCUT2D eigenvalue weighted by molar-refractivity contribution is -0.137. The van der Waals surface area contributed by atoms with Crippen LogP contribution < -0.4 is 5.32 Å². The number of nitrogens with zero attached hydrogens (tertiary/aromatic N) is 1. The predicted molar refractivity (Wildman–Crippen MR) is 94.9 cm³/mol. The summed E-state index contributed by atoms with van der Waals surface area (Å²) in [5.74, 6) is 0.631. The van der Waals surface area contributed by atoms with Gasteiger partial charge in [-0.2, -0.15) is 13.2 Å². The first kappa shape index (κ1) is 17.5. The quantitative estimate of drug-likeness (QED) is 0.543. The third-order valence-corrected chi connectivity index (χ3v) is 4.41. The van der Waals surface area contributed by atoms with Crippen LogP contribution >= 0.6 is 0 Å². The lowest BCUT2D eigenvalue weighted by atomic mass is 9.96. The van der Waals surface area contributed by atoms with E-state index < -0.39 is 11.7 Å². The number of hydrogen-bond donors (Lipinski definition) is 1. The van der Waals surface area contributed by atoms with E-state index in [4.69, 9.17) is 4.99 Å². The Labute approximate surface area is 145 Å². The molecule has 1 fully saturated rings. The molecule has 0 radical (unpaired) electrons. The van der Waals surface area contributed by atoms with Crippen LogP contribution in [0.25, 0.3) is 0 Å². The van der Waals surface area contributed by atoms with Crippen LogP contribution in [0.15, 0.2) is 59.6 Å². The van der Waals surface area contributed by atoms with Crippen molar-refractivity contribution in [3.8, 4) is 0 Å². The first-order chi connectivity index (χ1) is 12.0. The fourth-order valence-electron chi connectivity index (χ4n) is 3.05. The molecule has 25 heavy (non-hydrogen) atoms. The number of amidine groups is 1. The summed E-state index contributed by atoms with van der Waals surface area (Å²) in [4.78, 5) is 4.82. The molecule has 2 nitrogen and oxygen atoms in total. The topological polar surface area (TPSA) is 24.4 Å². The third kappa shape index (κ3) is 4.84. The molecule has 2 aromatic carbocycles. The summed E-state index contributed by atoms with van der Waals surface area (Å²) in [7, 11) is 0. The Hall–Kier alpha value is -2.30. The van der Waals surface area contributed by atoms with E-state index in [1.54, 1.807) is 0 Å². The molecule has 3 rings (SSSR count). The van der Waals surface area contributed by atoms with Crippen molar-refractivity contribution in [3.05, 3.63) is 65.7 Å². The first-order valence-electron chi connectivity index (χ1n) is 8.60. The summed E-state index contributed by atoms with van der Waals surface area (Å²) in [5, 5.41) is 3.27. The molecule has 1 saturated carbocycles. The Kier molecular flexibility index (Phi) is 5.41. The summed E-state index contributed by atoms with van der Waals surface area (Å²) in [5.41, 5.74) is 0.896. The zero-order chi connectivity index (χ0) is 17.7. The van der Waals surface area contributed by atoms with Gasteiger partial charge in [0.05, 0.1) is 11.6 Å². The normalized spacial score (nSPS) is 16.7. The van der Waals surface area contributed by atoms with Crippen LogP contribution in [0, 0.1) is 0 Å². The molecule has 0 saturated heterocycles. The van der Waals surface area contributed by atoms with E-state index in [1.807, 2.05) is 30.3 Å².